The van der Waals surface area contributed by atoms with Crippen molar-refractivity contribution in [2.45, 2.75) is 6.92 Å². The Morgan fingerprint density at radius 1 is 1.59 bits per heavy atom. The van der Waals surface area contributed by atoms with E-state index in [9.17, 15) is 0 Å². The highest BCUT2D eigenvalue weighted by Crippen LogP contribution is 2.18. The second kappa shape index (κ2) is 5.28. The van der Waals surface area contributed by atoms with E-state index in [0.717, 1.165) is 16.5 Å². The van der Waals surface area contributed by atoms with Crippen molar-refractivity contribution in [1.29, 1.82) is 5.26 Å². The summed E-state index contributed by atoms with van der Waals surface area (Å²) in [5, 5.41) is 11.7. The Morgan fingerprint density at radius 2 is 2.47 bits per heavy atom. The van der Waals surface area contributed by atoms with Gasteiger partial charge in [-0.15, -0.1) is 11.3 Å². The molecular formula is C13H10N2OS. The maximum Gasteiger partial charge on any atom is 0.134 e. The van der Waals surface area contributed by atoms with Gasteiger partial charge in [0.05, 0.1) is 11.8 Å². The molecule has 2 rings (SSSR count). The van der Waals surface area contributed by atoms with Crippen LogP contribution in [0, 0.1) is 18.3 Å². The van der Waals surface area contributed by atoms with Gasteiger partial charge in [-0.2, -0.15) is 5.26 Å². The van der Waals surface area contributed by atoms with E-state index in [4.69, 9.17) is 9.68 Å². The van der Waals surface area contributed by atoms with Crippen LogP contribution in [0.1, 0.15) is 16.5 Å². The van der Waals surface area contributed by atoms with Gasteiger partial charge in [0.25, 0.3) is 0 Å². The molecule has 0 bridgehead atoms. The van der Waals surface area contributed by atoms with Crippen LogP contribution in [-0.2, 0) is 0 Å². The number of thiazole rings is 1. The zero-order valence-electron chi connectivity index (χ0n) is 9.25. The lowest BCUT2D eigenvalue weighted by molar-refractivity contribution is 0.557. The van der Waals surface area contributed by atoms with E-state index in [1.54, 1.807) is 24.5 Å². The highest BCUT2D eigenvalue weighted by atomic mass is 32.1. The summed E-state index contributed by atoms with van der Waals surface area (Å²) in [7, 11) is 0. The van der Waals surface area contributed by atoms with Crippen molar-refractivity contribution in [2.75, 3.05) is 0 Å². The van der Waals surface area contributed by atoms with Gasteiger partial charge in [0.1, 0.15) is 16.8 Å². The van der Waals surface area contributed by atoms with Gasteiger partial charge in [0.2, 0.25) is 0 Å². The Labute approximate surface area is 103 Å². The minimum atomic E-state index is 0.561. The monoisotopic (exact) mass is 242 g/mol. The Bertz CT molecular complexity index is 585. The van der Waals surface area contributed by atoms with Crippen LogP contribution in [0.5, 0.6) is 0 Å². The number of hydrogen-bond acceptors (Lipinski definition) is 4. The number of aryl methyl sites for hydroxylation is 1. The molecule has 3 nitrogen and oxygen atoms in total. The summed E-state index contributed by atoms with van der Waals surface area (Å²) >= 11 is 1.47. The van der Waals surface area contributed by atoms with Gasteiger partial charge in [0, 0.05) is 11.1 Å². The Hall–Kier alpha value is -2.12. The molecule has 0 aliphatic carbocycles. The molecule has 17 heavy (non-hydrogen) atoms. The fourth-order valence-corrected chi connectivity index (χ4v) is 2.03. The first-order chi connectivity index (χ1) is 8.29. The third-order valence-corrected chi connectivity index (χ3v) is 3.03. The zero-order valence-corrected chi connectivity index (χ0v) is 10.1. The van der Waals surface area contributed by atoms with Gasteiger partial charge in [-0.25, -0.2) is 4.98 Å². The van der Waals surface area contributed by atoms with Crippen molar-refractivity contribution in [3.05, 3.63) is 52.4 Å². The third-order valence-electron chi connectivity index (χ3n) is 2.04. The molecule has 0 spiro atoms. The summed E-state index contributed by atoms with van der Waals surface area (Å²) in [6.45, 7) is 1.91. The van der Waals surface area contributed by atoms with Crippen molar-refractivity contribution in [3.63, 3.8) is 0 Å². The average molecular weight is 242 g/mol. The van der Waals surface area contributed by atoms with Crippen LogP contribution in [0.4, 0.5) is 0 Å². The number of aromatic nitrogens is 1. The first kappa shape index (κ1) is 11.4. The largest absolute Gasteiger partial charge is 0.465 e. The van der Waals surface area contributed by atoms with Crippen LogP contribution < -0.4 is 0 Å². The second-order valence-corrected chi connectivity index (χ2v) is 4.22. The Morgan fingerprint density at radius 3 is 3.06 bits per heavy atom. The number of nitrogens with zero attached hydrogens (tertiary/aromatic N) is 2. The Kier molecular flexibility index (Phi) is 3.53. The molecule has 4 heteroatoms. The third kappa shape index (κ3) is 2.92. The number of allylic oxidation sites excluding steroid dienone is 3. The highest BCUT2D eigenvalue weighted by molar-refractivity contribution is 7.10. The number of hydrogen-bond donors (Lipinski definition) is 0. The van der Waals surface area contributed by atoms with Crippen molar-refractivity contribution in [3.8, 4) is 6.07 Å². The average Bonchev–Trinajstić information content (AvgIpc) is 2.96. The van der Waals surface area contributed by atoms with Gasteiger partial charge in [-0.1, -0.05) is 6.08 Å². The van der Waals surface area contributed by atoms with Crippen molar-refractivity contribution in [2.24, 2.45) is 0 Å². The quantitative estimate of drug-likeness (QED) is 0.609. The van der Waals surface area contributed by atoms with Gasteiger partial charge in [-0.05, 0) is 31.2 Å². The van der Waals surface area contributed by atoms with Crippen LogP contribution in [0.25, 0.3) is 11.6 Å². The van der Waals surface area contributed by atoms with E-state index >= 15 is 0 Å². The summed E-state index contributed by atoms with van der Waals surface area (Å²) in [6, 6.07) is 5.81. The van der Waals surface area contributed by atoms with Gasteiger partial charge >= 0.3 is 0 Å². The summed E-state index contributed by atoms with van der Waals surface area (Å²) in [4.78, 5) is 4.27. The predicted octanol–water partition coefficient (Wildman–Crippen LogP) is 3.66. The lowest BCUT2D eigenvalue weighted by atomic mass is 10.2. The minimum Gasteiger partial charge on any atom is -0.465 e. The SMILES string of the molecule is Cc1csc(/C(C#N)=C/C=C/c2ccco2)n1. The minimum absolute atomic E-state index is 0.561. The Balaban J connectivity index is 2.17. The van der Waals surface area contributed by atoms with Gasteiger partial charge in [0.15, 0.2) is 0 Å². The van der Waals surface area contributed by atoms with Crippen molar-refractivity contribution < 1.29 is 4.42 Å². The molecule has 0 atom stereocenters. The highest BCUT2D eigenvalue weighted by Gasteiger charge is 2.03. The predicted molar refractivity (Wildman–Crippen MR) is 68.2 cm³/mol. The lowest BCUT2D eigenvalue weighted by Gasteiger charge is -1.88. The van der Waals surface area contributed by atoms with Crippen LogP contribution in [0.2, 0.25) is 0 Å². The molecule has 0 aliphatic heterocycles. The van der Waals surface area contributed by atoms with Gasteiger partial charge in [-0.3, -0.25) is 0 Å². The molecule has 0 amide bonds. The smallest absolute Gasteiger partial charge is 0.134 e. The molecule has 0 unspecified atom stereocenters. The van der Waals surface area contributed by atoms with Crippen molar-refractivity contribution in [1.82, 2.24) is 4.98 Å². The number of rotatable bonds is 3. The molecule has 2 heterocycles. The van der Waals surface area contributed by atoms with Crippen LogP contribution in [0.15, 0.2) is 40.3 Å². The van der Waals surface area contributed by atoms with E-state index in [-0.39, 0.29) is 0 Å². The first-order valence-electron chi connectivity index (χ1n) is 5.04. The maximum atomic E-state index is 9.04. The van der Waals surface area contributed by atoms with E-state index in [1.807, 2.05) is 24.4 Å². The summed E-state index contributed by atoms with van der Waals surface area (Å²) in [5.41, 5.74) is 1.49. The zero-order chi connectivity index (χ0) is 12.1. The molecule has 0 N–H and O–H groups in total. The van der Waals surface area contributed by atoms with E-state index < -0.39 is 0 Å². The number of nitriles is 1. The molecule has 0 aliphatic rings. The summed E-state index contributed by atoms with van der Waals surface area (Å²) in [6.07, 6.45) is 6.94. The topological polar surface area (TPSA) is 49.8 Å². The second-order valence-electron chi connectivity index (χ2n) is 3.36. The van der Waals surface area contributed by atoms with Crippen LogP contribution >= 0.6 is 11.3 Å². The molecule has 84 valence electrons. The fourth-order valence-electron chi connectivity index (χ4n) is 1.26. The fraction of sp³-hybridized carbons (Fsp3) is 0.0769. The molecule has 2 aromatic heterocycles. The van der Waals surface area contributed by atoms with E-state index in [0.29, 0.717) is 5.57 Å². The first-order valence-corrected chi connectivity index (χ1v) is 5.92. The van der Waals surface area contributed by atoms with E-state index in [2.05, 4.69) is 11.1 Å². The number of furan rings is 1. The normalized spacial score (nSPS) is 11.9. The molecule has 2 aromatic rings. The molecule has 0 saturated heterocycles. The summed E-state index contributed by atoms with van der Waals surface area (Å²) in [5.74, 6) is 0.758. The molecule has 0 radical (unpaired) electrons. The molecule has 0 aromatic carbocycles. The molecule has 0 saturated carbocycles. The molecular weight excluding hydrogens is 232 g/mol. The van der Waals surface area contributed by atoms with Gasteiger partial charge < -0.3 is 4.42 Å². The molecule has 0 fully saturated rings. The summed E-state index contributed by atoms with van der Waals surface area (Å²) < 4.78 is 5.15. The van der Waals surface area contributed by atoms with E-state index in [1.165, 1.54) is 11.3 Å². The van der Waals surface area contributed by atoms with Crippen molar-refractivity contribution >= 4 is 23.0 Å². The van der Waals surface area contributed by atoms with Crippen LogP contribution in [0.3, 0.4) is 0 Å². The maximum absolute atomic E-state index is 9.04. The lowest BCUT2D eigenvalue weighted by Crippen LogP contribution is -1.79. The van der Waals surface area contributed by atoms with Crippen LogP contribution in [-0.4, -0.2) is 4.98 Å². The standard InChI is InChI=1S/C13H10N2OS/c1-10-9-17-13(15-10)11(8-14)4-2-5-12-6-3-7-16-12/h2-7,9H,1H3/b5-2+,11-4+.